The van der Waals surface area contributed by atoms with Crippen molar-refractivity contribution in [3.05, 3.63) is 17.0 Å². The van der Waals surface area contributed by atoms with Gasteiger partial charge >= 0.3 is 5.97 Å². The Kier molecular flexibility index (Phi) is 5.50. The maximum Gasteiger partial charge on any atom is 0.310 e. The van der Waals surface area contributed by atoms with Gasteiger partial charge < -0.3 is 19.1 Å². The van der Waals surface area contributed by atoms with E-state index in [0.29, 0.717) is 31.6 Å². The van der Waals surface area contributed by atoms with Gasteiger partial charge in [-0.2, -0.15) is 0 Å². The zero-order valence-corrected chi connectivity index (χ0v) is 15.6. The fourth-order valence-electron chi connectivity index (χ4n) is 4.01. The topological polar surface area (TPSA) is 93.0 Å². The molecule has 3 atom stereocenters. The van der Waals surface area contributed by atoms with Gasteiger partial charge in [-0.15, -0.1) is 0 Å². The fourth-order valence-corrected chi connectivity index (χ4v) is 4.17. The number of halogens is 1. The van der Waals surface area contributed by atoms with Crippen molar-refractivity contribution in [2.45, 2.75) is 44.7 Å². The summed E-state index contributed by atoms with van der Waals surface area (Å²) in [4.78, 5) is 40.5. The second kappa shape index (κ2) is 7.65. The van der Waals surface area contributed by atoms with E-state index in [2.05, 4.69) is 5.16 Å². The first-order valence-electron chi connectivity index (χ1n) is 8.72. The molecule has 0 aromatic carbocycles. The van der Waals surface area contributed by atoms with Crippen molar-refractivity contribution in [1.82, 2.24) is 15.0 Å². The second-order valence-corrected chi connectivity index (χ2v) is 7.07. The van der Waals surface area contributed by atoms with Crippen LogP contribution in [0.5, 0.6) is 0 Å². The van der Waals surface area contributed by atoms with E-state index < -0.39 is 0 Å². The van der Waals surface area contributed by atoms with Crippen LogP contribution in [0.2, 0.25) is 5.15 Å². The Morgan fingerprint density at radius 3 is 2.85 bits per heavy atom. The highest BCUT2D eigenvalue weighted by atomic mass is 35.5. The van der Waals surface area contributed by atoms with Crippen LogP contribution in [0.4, 0.5) is 0 Å². The third-order valence-electron chi connectivity index (χ3n) is 5.18. The number of hydrogen-bond donors (Lipinski definition) is 0. The van der Waals surface area contributed by atoms with E-state index in [1.807, 2.05) is 6.92 Å². The highest BCUT2D eigenvalue weighted by Crippen LogP contribution is 2.35. The Morgan fingerprint density at radius 2 is 2.23 bits per heavy atom. The number of fused-ring (bicyclic) bond motifs is 1. The van der Waals surface area contributed by atoms with Crippen molar-refractivity contribution in [3.8, 4) is 0 Å². The lowest BCUT2D eigenvalue weighted by Gasteiger charge is -2.39. The smallest absolute Gasteiger partial charge is 0.310 e. The number of methoxy groups -OCH3 is 1. The van der Waals surface area contributed by atoms with Gasteiger partial charge in [-0.1, -0.05) is 23.7 Å². The first-order valence-corrected chi connectivity index (χ1v) is 9.10. The molecule has 1 aromatic heterocycles. The first-order chi connectivity index (χ1) is 12.4. The lowest BCUT2D eigenvalue weighted by Crippen LogP contribution is -2.57. The molecule has 2 fully saturated rings. The Morgan fingerprint density at radius 1 is 1.46 bits per heavy atom. The number of esters is 1. The number of carbonyl (C=O) groups excluding carboxylic acids is 3. The van der Waals surface area contributed by atoms with Crippen LogP contribution in [0.3, 0.4) is 0 Å². The maximum absolute atomic E-state index is 12.6. The van der Waals surface area contributed by atoms with Crippen LogP contribution in [0, 0.1) is 5.92 Å². The van der Waals surface area contributed by atoms with E-state index in [9.17, 15) is 14.4 Å². The van der Waals surface area contributed by atoms with Gasteiger partial charge in [-0.05, 0) is 12.8 Å². The van der Waals surface area contributed by atoms with Crippen molar-refractivity contribution in [2.24, 2.45) is 5.92 Å². The third kappa shape index (κ3) is 3.56. The summed E-state index contributed by atoms with van der Waals surface area (Å²) < 4.78 is 9.88. The average molecular weight is 384 g/mol. The zero-order valence-electron chi connectivity index (χ0n) is 14.8. The Balaban J connectivity index is 1.64. The number of amides is 2. The van der Waals surface area contributed by atoms with Crippen LogP contribution in [0.15, 0.2) is 10.6 Å². The Labute approximate surface area is 156 Å². The molecule has 8 nitrogen and oxygen atoms in total. The van der Waals surface area contributed by atoms with Crippen LogP contribution in [-0.4, -0.2) is 65.0 Å². The molecule has 2 aliphatic heterocycles. The summed E-state index contributed by atoms with van der Waals surface area (Å²) in [5, 5.41) is 3.83. The summed E-state index contributed by atoms with van der Waals surface area (Å²) in [6.45, 7) is 2.43. The number of hydrogen-bond acceptors (Lipinski definition) is 6. The molecule has 9 heteroatoms. The quantitative estimate of drug-likeness (QED) is 0.711. The predicted molar refractivity (Wildman–Crippen MR) is 91.3 cm³/mol. The molecule has 0 spiro atoms. The molecule has 1 aromatic rings. The van der Waals surface area contributed by atoms with E-state index in [4.69, 9.17) is 20.9 Å². The molecule has 0 N–H and O–H groups in total. The lowest BCUT2D eigenvalue weighted by atomic mass is 9.97. The number of piperazine rings is 1. The normalized spacial score (nSPS) is 25.3. The molecule has 0 unspecified atom stereocenters. The molecule has 2 saturated heterocycles. The first kappa shape index (κ1) is 18.7. The highest BCUT2D eigenvalue weighted by Gasteiger charge is 2.49. The van der Waals surface area contributed by atoms with Gasteiger partial charge in [0, 0.05) is 31.5 Å². The van der Waals surface area contributed by atoms with E-state index in [1.165, 1.54) is 7.11 Å². The summed E-state index contributed by atoms with van der Waals surface area (Å²) in [7, 11) is 1.36. The minimum absolute atomic E-state index is 0.0386. The number of rotatable bonds is 5. The summed E-state index contributed by atoms with van der Waals surface area (Å²) in [5.74, 6) is -0.328. The summed E-state index contributed by atoms with van der Waals surface area (Å²) in [6, 6.07) is 1.27. The molecule has 0 bridgehead atoms. The zero-order chi connectivity index (χ0) is 18.8. The largest absolute Gasteiger partial charge is 0.469 e. The van der Waals surface area contributed by atoms with Crippen LogP contribution in [0.25, 0.3) is 0 Å². The van der Waals surface area contributed by atoms with Crippen molar-refractivity contribution in [3.63, 3.8) is 0 Å². The molecule has 3 rings (SSSR count). The van der Waals surface area contributed by atoms with E-state index in [-0.39, 0.29) is 53.9 Å². The minimum atomic E-state index is -0.328. The number of aromatic nitrogens is 1. The Hall–Kier alpha value is -2.09. The molecule has 3 heterocycles. The number of nitrogens with zero attached hydrogens (tertiary/aromatic N) is 3. The maximum atomic E-state index is 12.6. The number of ether oxygens (including phenoxy) is 1. The summed E-state index contributed by atoms with van der Waals surface area (Å²) in [5.41, 5.74) is 0. The Bertz CT molecular complexity index is 706. The van der Waals surface area contributed by atoms with E-state index >= 15 is 0 Å². The SMILES string of the molecule is CC[C@H]1[C@@H](C(=O)OC)C[C@H]2CN(C(=O)CCc3cc(Cl)no3)CC(=O)N21. The summed E-state index contributed by atoms with van der Waals surface area (Å²) in [6.07, 6.45) is 1.80. The van der Waals surface area contributed by atoms with Gasteiger partial charge in [0.15, 0.2) is 5.15 Å². The summed E-state index contributed by atoms with van der Waals surface area (Å²) >= 11 is 5.69. The minimum Gasteiger partial charge on any atom is -0.469 e. The number of aryl methyl sites for hydroxylation is 1. The average Bonchev–Trinajstić information content (AvgIpc) is 3.22. The third-order valence-corrected chi connectivity index (χ3v) is 5.35. The van der Waals surface area contributed by atoms with Gasteiger partial charge in [0.25, 0.3) is 0 Å². The number of carbonyl (C=O) groups is 3. The van der Waals surface area contributed by atoms with E-state index in [1.54, 1.807) is 15.9 Å². The molecular weight excluding hydrogens is 362 g/mol. The van der Waals surface area contributed by atoms with Crippen LogP contribution in [-0.2, 0) is 25.5 Å². The van der Waals surface area contributed by atoms with Gasteiger partial charge in [0.2, 0.25) is 11.8 Å². The van der Waals surface area contributed by atoms with Gasteiger partial charge in [-0.3, -0.25) is 14.4 Å². The van der Waals surface area contributed by atoms with Crippen molar-refractivity contribution in [1.29, 1.82) is 0 Å². The highest BCUT2D eigenvalue weighted by molar-refractivity contribution is 6.29. The molecule has 0 saturated carbocycles. The monoisotopic (exact) mass is 383 g/mol. The lowest BCUT2D eigenvalue weighted by molar-refractivity contribution is -0.150. The standard InChI is InChI=1S/C17H22ClN3O5/c1-3-13-12(17(24)25-2)6-10-8-20(9-16(23)21(10)13)15(22)5-4-11-7-14(18)19-26-11/h7,10,12-13H,3-6,8-9H2,1-2H3/t10-,12-,13-/m0/s1. The van der Waals surface area contributed by atoms with Gasteiger partial charge in [-0.25, -0.2) is 0 Å². The molecule has 142 valence electrons. The van der Waals surface area contributed by atoms with Crippen molar-refractivity contribution in [2.75, 3.05) is 20.2 Å². The molecule has 2 amide bonds. The van der Waals surface area contributed by atoms with Crippen molar-refractivity contribution >= 4 is 29.4 Å². The predicted octanol–water partition coefficient (Wildman–Crippen LogP) is 1.27. The molecule has 0 radical (unpaired) electrons. The molecule has 0 aliphatic carbocycles. The van der Waals surface area contributed by atoms with E-state index in [0.717, 1.165) is 0 Å². The van der Waals surface area contributed by atoms with Crippen LogP contribution in [0.1, 0.15) is 31.9 Å². The van der Waals surface area contributed by atoms with Crippen LogP contribution < -0.4 is 0 Å². The fraction of sp³-hybridized carbons (Fsp3) is 0.647. The molecule has 2 aliphatic rings. The second-order valence-electron chi connectivity index (χ2n) is 6.69. The van der Waals surface area contributed by atoms with Crippen LogP contribution >= 0.6 is 11.6 Å². The molecular formula is C17H22ClN3O5. The molecule has 26 heavy (non-hydrogen) atoms. The van der Waals surface area contributed by atoms with Gasteiger partial charge in [0.05, 0.1) is 25.6 Å². The van der Waals surface area contributed by atoms with Crippen molar-refractivity contribution < 1.29 is 23.6 Å². The van der Waals surface area contributed by atoms with Gasteiger partial charge in [0.1, 0.15) is 5.76 Å².